The Morgan fingerprint density at radius 1 is 1.62 bits per heavy atom. The van der Waals surface area contributed by atoms with Gasteiger partial charge < -0.3 is 10.1 Å². The second-order valence-electron chi connectivity index (χ2n) is 3.38. The van der Waals surface area contributed by atoms with Gasteiger partial charge in [-0.3, -0.25) is 9.59 Å². The van der Waals surface area contributed by atoms with Crippen molar-refractivity contribution in [2.45, 2.75) is 32.2 Å². The van der Waals surface area contributed by atoms with Gasteiger partial charge in [-0.1, -0.05) is 0 Å². The van der Waals surface area contributed by atoms with Crippen LogP contribution in [0.25, 0.3) is 0 Å². The molecule has 1 N–H and O–H groups in total. The smallest absolute Gasteiger partial charge is 0.217 e. The van der Waals surface area contributed by atoms with Crippen LogP contribution in [-0.2, 0) is 14.4 Å². The van der Waals surface area contributed by atoms with Crippen LogP contribution in [0.3, 0.4) is 0 Å². The Labute approximate surface area is 76.7 Å². The number of hydrogen-bond acceptors (Lipinski definition) is 3. The quantitative estimate of drug-likeness (QED) is 0.486. The molecule has 1 saturated carbocycles. The first-order chi connectivity index (χ1) is 6.13. The van der Waals surface area contributed by atoms with E-state index in [9.17, 15) is 14.4 Å². The number of amides is 1. The molecule has 0 aromatic carbocycles. The summed E-state index contributed by atoms with van der Waals surface area (Å²) in [5.74, 6) is -0.619. The molecular weight excluding hydrogens is 170 g/mol. The third-order valence-corrected chi connectivity index (χ3v) is 2.26. The van der Waals surface area contributed by atoms with Crippen LogP contribution in [0.15, 0.2) is 0 Å². The first-order valence-corrected chi connectivity index (χ1v) is 4.38. The molecule has 1 aliphatic rings. The van der Waals surface area contributed by atoms with Gasteiger partial charge in [-0.25, -0.2) is 0 Å². The number of carbonyl (C=O) groups is 3. The molecule has 1 aliphatic carbocycles. The molecule has 13 heavy (non-hydrogen) atoms. The van der Waals surface area contributed by atoms with Crippen molar-refractivity contribution in [3.05, 3.63) is 0 Å². The van der Waals surface area contributed by atoms with Crippen molar-refractivity contribution in [2.75, 3.05) is 0 Å². The number of carbonyl (C=O) groups excluding carboxylic acids is 3. The molecule has 2 atom stereocenters. The molecule has 4 nitrogen and oxygen atoms in total. The Morgan fingerprint density at radius 3 is 2.85 bits per heavy atom. The third-order valence-electron chi connectivity index (χ3n) is 2.26. The number of aldehydes is 1. The Morgan fingerprint density at radius 2 is 2.31 bits per heavy atom. The number of Topliss-reactive ketones (excluding diaryl/α,β-unsaturated/α-hetero) is 1. The van der Waals surface area contributed by atoms with Crippen molar-refractivity contribution in [2.24, 2.45) is 5.92 Å². The number of nitrogens with one attached hydrogen (secondary N) is 1. The summed E-state index contributed by atoms with van der Waals surface area (Å²) in [7, 11) is 0. The zero-order valence-electron chi connectivity index (χ0n) is 7.58. The average Bonchev–Trinajstić information content (AvgIpc) is 2.07. The fraction of sp³-hybridized carbons (Fsp3) is 0.667. The van der Waals surface area contributed by atoms with E-state index in [1.807, 2.05) is 0 Å². The predicted octanol–water partition coefficient (Wildman–Crippen LogP) is 0.0592. The Kier molecular flexibility index (Phi) is 3.17. The second kappa shape index (κ2) is 4.16. The fourth-order valence-corrected chi connectivity index (χ4v) is 1.61. The summed E-state index contributed by atoms with van der Waals surface area (Å²) in [6.45, 7) is 1.44. The normalized spacial score (nSPS) is 28.2. The molecule has 72 valence electrons. The van der Waals surface area contributed by atoms with E-state index >= 15 is 0 Å². The highest BCUT2D eigenvalue weighted by atomic mass is 16.2. The lowest BCUT2D eigenvalue weighted by atomic mass is 9.85. The summed E-state index contributed by atoms with van der Waals surface area (Å²) in [6.07, 6.45) is 2.19. The van der Waals surface area contributed by atoms with E-state index in [-0.39, 0.29) is 17.7 Å². The molecule has 0 spiro atoms. The molecule has 0 aliphatic heterocycles. The van der Waals surface area contributed by atoms with Crippen LogP contribution < -0.4 is 5.32 Å². The number of rotatable bonds is 2. The van der Waals surface area contributed by atoms with E-state index in [2.05, 4.69) is 5.32 Å². The zero-order chi connectivity index (χ0) is 9.84. The van der Waals surface area contributed by atoms with Crippen LogP contribution in [0.4, 0.5) is 0 Å². The third kappa shape index (κ3) is 2.65. The van der Waals surface area contributed by atoms with Crippen molar-refractivity contribution < 1.29 is 14.4 Å². The standard InChI is InChI=1S/C9H13NO3/c1-6(12)10-8-2-3-9(13)7(4-8)5-11/h5,7-8H,2-4H2,1H3,(H,10,12)/t7-,8+/m0/s1. The van der Waals surface area contributed by atoms with Crippen LogP contribution in [0.1, 0.15) is 26.2 Å². The summed E-state index contributed by atoms with van der Waals surface area (Å²) >= 11 is 0. The van der Waals surface area contributed by atoms with E-state index in [0.717, 1.165) is 0 Å². The van der Waals surface area contributed by atoms with Gasteiger partial charge in [0.05, 0.1) is 5.92 Å². The zero-order valence-corrected chi connectivity index (χ0v) is 7.58. The molecule has 0 aromatic rings. The van der Waals surface area contributed by atoms with Crippen LogP contribution in [0.2, 0.25) is 0 Å². The van der Waals surface area contributed by atoms with E-state index in [4.69, 9.17) is 0 Å². The summed E-state index contributed by atoms with van der Waals surface area (Å²) in [5, 5.41) is 2.72. The maximum Gasteiger partial charge on any atom is 0.217 e. The molecule has 0 aromatic heterocycles. The second-order valence-corrected chi connectivity index (χ2v) is 3.38. The van der Waals surface area contributed by atoms with E-state index in [1.54, 1.807) is 0 Å². The van der Waals surface area contributed by atoms with E-state index in [1.165, 1.54) is 6.92 Å². The van der Waals surface area contributed by atoms with Crippen LogP contribution in [0, 0.1) is 5.92 Å². The molecule has 0 unspecified atom stereocenters. The molecular formula is C9H13NO3. The lowest BCUT2D eigenvalue weighted by molar-refractivity contribution is -0.131. The Hall–Kier alpha value is -1.19. The highest BCUT2D eigenvalue weighted by Gasteiger charge is 2.28. The first-order valence-electron chi connectivity index (χ1n) is 4.38. The summed E-state index contributed by atoms with van der Waals surface area (Å²) in [5.41, 5.74) is 0. The lowest BCUT2D eigenvalue weighted by Gasteiger charge is -2.25. The highest BCUT2D eigenvalue weighted by Crippen LogP contribution is 2.19. The lowest BCUT2D eigenvalue weighted by Crippen LogP contribution is -2.40. The number of ketones is 1. The maximum absolute atomic E-state index is 11.1. The average molecular weight is 183 g/mol. The van der Waals surface area contributed by atoms with Crippen LogP contribution in [0.5, 0.6) is 0 Å². The van der Waals surface area contributed by atoms with Crippen molar-refractivity contribution >= 4 is 18.0 Å². The van der Waals surface area contributed by atoms with Gasteiger partial charge in [-0.15, -0.1) is 0 Å². The Balaban J connectivity index is 2.49. The van der Waals surface area contributed by atoms with Gasteiger partial charge in [0.15, 0.2) is 0 Å². The molecule has 0 saturated heterocycles. The minimum atomic E-state index is -0.509. The van der Waals surface area contributed by atoms with Gasteiger partial charge >= 0.3 is 0 Å². The molecule has 0 radical (unpaired) electrons. The molecule has 0 bridgehead atoms. The molecule has 1 fully saturated rings. The van der Waals surface area contributed by atoms with Gasteiger partial charge in [-0.05, 0) is 12.8 Å². The molecule has 1 rings (SSSR count). The fourth-order valence-electron chi connectivity index (χ4n) is 1.61. The molecule has 1 amide bonds. The van der Waals surface area contributed by atoms with Crippen molar-refractivity contribution in [1.29, 1.82) is 0 Å². The maximum atomic E-state index is 11.1. The van der Waals surface area contributed by atoms with Gasteiger partial charge in [0.2, 0.25) is 5.91 Å². The van der Waals surface area contributed by atoms with Crippen LogP contribution >= 0.6 is 0 Å². The minimum Gasteiger partial charge on any atom is -0.354 e. The minimum absolute atomic E-state index is 0.00315. The SMILES string of the molecule is CC(=O)N[C@@H]1CCC(=O)[C@H](C=O)C1. The van der Waals surface area contributed by atoms with Gasteiger partial charge in [0.1, 0.15) is 12.1 Å². The predicted molar refractivity (Wildman–Crippen MR) is 46.0 cm³/mol. The monoisotopic (exact) mass is 183 g/mol. The summed E-state index contributed by atoms with van der Waals surface area (Å²) < 4.78 is 0. The van der Waals surface area contributed by atoms with Crippen LogP contribution in [-0.4, -0.2) is 24.0 Å². The first kappa shape index (κ1) is 9.89. The van der Waals surface area contributed by atoms with Crippen molar-refractivity contribution in [3.63, 3.8) is 0 Å². The van der Waals surface area contributed by atoms with E-state index in [0.29, 0.717) is 25.5 Å². The topological polar surface area (TPSA) is 63.2 Å². The van der Waals surface area contributed by atoms with Gasteiger partial charge in [-0.2, -0.15) is 0 Å². The summed E-state index contributed by atoms with van der Waals surface area (Å²) in [6, 6.07) is -0.00889. The molecule has 4 heteroatoms. The van der Waals surface area contributed by atoms with Crippen molar-refractivity contribution in [3.8, 4) is 0 Å². The molecule has 0 heterocycles. The number of hydrogen-bond donors (Lipinski definition) is 1. The van der Waals surface area contributed by atoms with Gasteiger partial charge in [0.25, 0.3) is 0 Å². The largest absolute Gasteiger partial charge is 0.354 e. The highest BCUT2D eigenvalue weighted by molar-refractivity contribution is 5.94. The van der Waals surface area contributed by atoms with Crippen molar-refractivity contribution in [1.82, 2.24) is 5.32 Å². The Bertz CT molecular complexity index is 237. The van der Waals surface area contributed by atoms with Gasteiger partial charge in [0, 0.05) is 19.4 Å². The summed E-state index contributed by atoms with van der Waals surface area (Å²) in [4.78, 5) is 32.3. The van der Waals surface area contributed by atoms with E-state index < -0.39 is 5.92 Å².